The Bertz CT molecular complexity index is 989. The van der Waals surface area contributed by atoms with Gasteiger partial charge in [-0.15, -0.1) is 0 Å². The van der Waals surface area contributed by atoms with Crippen LogP contribution in [0.5, 0.6) is 0 Å². The summed E-state index contributed by atoms with van der Waals surface area (Å²) in [5.41, 5.74) is 4.01. The van der Waals surface area contributed by atoms with Crippen molar-refractivity contribution in [2.24, 2.45) is 5.92 Å². The van der Waals surface area contributed by atoms with E-state index in [0.29, 0.717) is 30.9 Å². The first-order valence-corrected chi connectivity index (χ1v) is 9.54. The topological polar surface area (TPSA) is 71.6 Å². The molecule has 27 heavy (non-hydrogen) atoms. The Balaban J connectivity index is 1.56. The molecule has 0 aliphatic carbocycles. The van der Waals surface area contributed by atoms with Gasteiger partial charge in [0.1, 0.15) is 5.76 Å². The molecule has 6 nitrogen and oxygen atoms in total. The fourth-order valence-corrected chi connectivity index (χ4v) is 4.95. The van der Waals surface area contributed by atoms with Crippen LogP contribution in [0.1, 0.15) is 37.6 Å². The van der Waals surface area contributed by atoms with Crippen molar-refractivity contribution in [2.45, 2.75) is 38.8 Å². The maximum atomic E-state index is 13.1. The molecule has 1 N–H and O–H groups in total. The number of ether oxygens (including phenoxy) is 2. The molecule has 1 saturated heterocycles. The zero-order valence-electron chi connectivity index (χ0n) is 15.5. The maximum absolute atomic E-state index is 13.1. The molecule has 6 heteroatoms. The molecular formula is C21H22N2O4. The Labute approximate surface area is 157 Å². The number of benzene rings is 1. The van der Waals surface area contributed by atoms with Crippen molar-refractivity contribution in [1.29, 1.82) is 0 Å². The minimum absolute atomic E-state index is 0.0285. The minimum Gasteiger partial charge on any atom is -0.484 e. The summed E-state index contributed by atoms with van der Waals surface area (Å²) in [6.45, 7) is 4.53. The van der Waals surface area contributed by atoms with Crippen LogP contribution in [0.25, 0.3) is 10.9 Å². The molecule has 3 aliphatic rings. The molecule has 5 rings (SSSR count). The molecule has 1 aromatic heterocycles. The minimum atomic E-state index is -0.605. The number of hydrogen-bond donors (Lipinski definition) is 1. The number of para-hydroxylation sites is 1. The third-order valence-corrected chi connectivity index (χ3v) is 6.08. The second-order valence-electron chi connectivity index (χ2n) is 7.43. The number of amides is 1. The number of aromatic nitrogens is 1. The molecule has 2 aromatic rings. The molecule has 140 valence electrons. The Morgan fingerprint density at radius 2 is 2.19 bits per heavy atom. The van der Waals surface area contributed by atoms with Gasteiger partial charge >= 0.3 is 5.97 Å². The fourth-order valence-electron chi connectivity index (χ4n) is 4.95. The zero-order valence-corrected chi connectivity index (χ0v) is 15.5. The molecule has 0 saturated carbocycles. The highest BCUT2D eigenvalue weighted by Crippen LogP contribution is 2.47. The monoisotopic (exact) mass is 366 g/mol. The van der Waals surface area contributed by atoms with Crippen LogP contribution >= 0.6 is 0 Å². The van der Waals surface area contributed by atoms with E-state index >= 15 is 0 Å². The van der Waals surface area contributed by atoms with E-state index < -0.39 is 6.10 Å². The lowest BCUT2D eigenvalue weighted by Gasteiger charge is -2.43. The summed E-state index contributed by atoms with van der Waals surface area (Å²) in [5.74, 6) is -0.126. The lowest BCUT2D eigenvalue weighted by atomic mass is 9.80. The summed E-state index contributed by atoms with van der Waals surface area (Å²) in [4.78, 5) is 31.1. The van der Waals surface area contributed by atoms with Crippen molar-refractivity contribution in [2.75, 3.05) is 13.2 Å². The van der Waals surface area contributed by atoms with Gasteiger partial charge in [0.2, 0.25) is 0 Å². The predicted octanol–water partition coefficient (Wildman–Crippen LogP) is 2.85. The largest absolute Gasteiger partial charge is 0.484 e. The van der Waals surface area contributed by atoms with E-state index in [1.54, 1.807) is 13.8 Å². The van der Waals surface area contributed by atoms with Gasteiger partial charge in [0, 0.05) is 29.1 Å². The number of piperidine rings is 1. The Morgan fingerprint density at radius 3 is 3.00 bits per heavy atom. The molecule has 1 amide bonds. The van der Waals surface area contributed by atoms with E-state index in [-0.39, 0.29) is 23.8 Å². The van der Waals surface area contributed by atoms with Crippen molar-refractivity contribution in [3.63, 3.8) is 0 Å². The standard InChI is InChI=1S/C21H22N2O4/c1-3-26-21(25)17-11(2)27-19-14(17)10-16-18-13(8-9-23(16)20(19)24)12-6-4-5-7-15(12)22-18/h4-7,14,16,19,22H,3,8-10H2,1-2H3/t14-,16+,19-/m1/s1. The highest BCUT2D eigenvalue weighted by atomic mass is 16.5. The second-order valence-corrected chi connectivity index (χ2v) is 7.43. The molecule has 0 radical (unpaired) electrons. The fraction of sp³-hybridized carbons (Fsp3) is 0.429. The molecule has 0 spiro atoms. The number of hydrogen-bond acceptors (Lipinski definition) is 4. The first-order chi connectivity index (χ1) is 13.1. The van der Waals surface area contributed by atoms with Crippen LogP contribution in [0.3, 0.4) is 0 Å². The summed E-state index contributed by atoms with van der Waals surface area (Å²) in [6, 6.07) is 8.19. The predicted molar refractivity (Wildman–Crippen MR) is 98.8 cm³/mol. The van der Waals surface area contributed by atoms with Crippen LogP contribution in [0, 0.1) is 5.92 Å². The number of fused-ring (bicyclic) bond motifs is 6. The van der Waals surface area contributed by atoms with E-state index in [4.69, 9.17) is 9.47 Å². The van der Waals surface area contributed by atoms with Crippen molar-refractivity contribution in [3.8, 4) is 0 Å². The van der Waals surface area contributed by atoms with E-state index in [1.165, 1.54) is 10.9 Å². The number of carbonyl (C=O) groups excluding carboxylic acids is 2. The number of allylic oxidation sites excluding steroid dienone is 1. The van der Waals surface area contributed by atoms with Crippen LogP contribution in [-0.2, 0) is 25.5 Å². The number of H-pyrrole nitrogens is 1. The Kier molecular flexibility index (Phi) is 3.57. The van der Waals surface area contributed by atoms with Crippen molar-refractivity contribution in [3.05, 3.63) is 46.9 Å². The van der Waals surface area contributed by atoms with Gasteiger partial charge in [-0.25, -0.2) is 4.79 Å². The lowest BCUT2D eigenvalue weighted by Crippen LogP contribution is -2.52. The average Bonchev–Trinajstić information content (AvgIpc) is 3.20. The third kappa shape index (κ3) is 2.25. The van der Waals surface area contributed by atoms with Crippen molar-refractivity contribution >= 4 is 22.8 Å². The van der Waals surface area contributed by atoms with Gasteiger partial charge in [-0.1, -0.05) is 18.2 Å². The number of aromatic amines is 1. The smallest absolute Gasteiger partial charge is 0.337 e. The van der Waals surface area contributed by atoms with Gasteiger partial charge in [0.15, 0.2) is 6.10 Å². The normalized spacial score (nSPS) is 26.5. The molecule has 1 fully saturated rings. The zero-order chi connectivity index (χ0) is 18.7. The van der Waals surface area contributed by atoms with Crippen molar-refractivity contribution < 1.29 is 19.1 Å². The van der Waals surface area contributed by atoms with Gasteiger partial charge in [0.25, 0.3) is 5.91 Å². The number of rotatable bonds is 2. The van der Waals surface area contributed by atoms with E-state index in [2.05, 4.69) is 17.1 Å². The molecule has 4 heterocycles. The Hall–Kier alpha value is -2.76. The summed E-state index contributed by atoms with van der Waals surface area (Å²) in [6.07, 6.45) is 0.893. The van der Waals surface area contributed by atoms with Crippen LogP contribution in [0.2, 0.25) is 0 Å². The molecular weight excluding hydrogens is 344 g/mol. The van der Waals surface area contributed by atoms with Crippen LogP contribution < -0.4 is 0 Å². The maximum Gasteiger partial charge on any atom is 0.337 e. The van der Waals surface area contributed by atoms with E-state index in [9.17, 15) is 9.59 Å². The van der Waals surface area contributed by atoms with E-state index in [0.717, 1.165) is 17.6 Å². The number of nitrogens with zero attached hydrogens (tertiary/aromatic N) is 1. The summed E-state index contributed by atoms with van der Waals surface area (Å²) < 4.78 is 11.1. The van der Waals surface area contributed by atoms with Gasteiger partial charge in [0.05, 0.1) is 18.2 Å². The molecule has 0 bridgehead atoms. The number of carbonyl (C=O) groups is 2. The van der Waals surface area contributed by atoms with Gasteiger partial charge in [-0.2, -0.15) is 0 Å². The molecule has 0 unspecified atom stereocenters. The first-order valence-electron chi connectivity index (χ1n) is 9.54. The lowest BCUT2D eigenvalue weighted by molar-refractivity contribution is -0.151. The molecule has 3 aliphatic heterocycles. The van der Waals surface area contributed by atoms with Crippen LogP contribution in [0.4, 0.5) is 0 Å². The van der Waals surface area contributed by atoms with Gasteiger partial charge < -0.3 is 19.4 Å². The highest BCUT2D eigenvalue weighted by molar-refractivity contribution is 5.94. The summed E-state index contributed by atoms with van der Waals surface area (Å²) in [5, 5.41) is 1.22. The van der Waals surface area contributed by atoms with E-state index in [1.807, 2.05) is 17.0 Å². The average molecular weight is 366 g/mol. The summed E-state index contributed by atoms with van der Waals surface area (Å²) >= 11 is 0. The quantitative estimate of drug-likeness (QED) is 0.830. The molecule has 3 atom stereocenters. The summed E-state index contributed by atoms with van der Waals surface area (Å²) in [7, 11) is 0. The first kappa shape index (κ1) is 16.4. The highest BCUT2D eigenvalue weighted by Gasteiger charge is 2.52. The van der Waals surface area contributed by atoms with Crippen molar-refractivity contribution in [1.82, 2.24) is 9.88 Å². The van der Waals surface area contributed by atoms with Crippen LogP contribution in [0.15, 0.2) is 35.6 Å². The van der Waals surface area contributed by atoms with Crippen LogP contribution in [-0.4, -0.2) is 41.0 Å². The SMILES string of the molecule is CCOC(=O)C1=C(C)O[C@H]2C(=O)N3CCc4c([nH]c5ccccc45)[C@@H]3C[C@H]12. The van der Waals surface area contributed by atoms with Gasteiger partial charge in [-0.05, 0) is 38.3 Å². The number of esters is 1. The Morgan fingerprint density at radius 1 is 1.37 bits per heavy atom. The second kappa shape index (κ2) is 5.87. The third-order valence-electron chi connectivity index (χ3n) is 6.08. The number of nitrogens with one attached hydrogen (secondary N) is 1. The van der Waals surface area contributed by atoms with Gasteiger partial charge in [-0.3, -0.25) is 4.79 Å². The molecule has 1 aromatic carbocycles.